The zero-order valence-corrected chi connectivity index (χ0v) is 17.3. The van der Waals surface area contributed by atoms with Crippen LogP contribution in [-0.2, 0) is 19.9 Å². The molecule has 0 unspecified atom stereocenters. The lowest BCUT2D eigenvalue weighted by molar-refractivity contribution is -0.135. The summed E-state index contributed by atoms with van der Waals surface area (Å²) in [6, 6.07) is 21.1. The Hall–Kier alpha value is -3.51. The van der Waals surface area contributed by atoms with Crippen LogP contribution in [0.2, 0.25) is 0 Å². The molecule has 1 spiro atoms. The summed E-state index contributed by atoms with van der Waals surface area (Å²) in [5.41, 5.74) is 1.04. The summed E-state index contributed by atoms with van der Waals surface area (Å²) in [5.74, 6) is -1.85. The van der Waals surface area contributed by atoms with Crippen LogP contribution in [-0.4, -0.2) is 35.2 Å². The first-order chi connectivity index (χ1) is 15.6. The van der Waals surface area contributed by atoms with E-state index in [9.17, 15) is 14.4 Å². The molecule has 6 heteroatoms. The Morgan fingerprint density at radius 1 is 0.875 bits per heavy atom. The van der Waals surface area contributed by atoms with Crippen LogP contribution in [0, 0.1) is 11.8 Å². The molecule has 4 aliphatic heterocycles. The highest BCUT2D eigenvalue weighted by molar-refractivity contribution is 6.26. The van der Waals surface area contributed by atoms with Crippen molar-refractivity contribution < 1.29 is 14.4 Å². The number of carbonyl (C=O) groups excluding carboxylic acids is 3. The fourth-order valence-electron chi connectivity index (χ4n) is 6.73. The van der Waals surface area contributed by atoms with Crippen LogP contribution in [0.4, 0.5) is 11.4 Å². The van der Waals surface area contributed by atoms with E-state index < -0.39 is 17.4 Å². The first-order valence-corrected chi connectivity index (χ1v) is 11.2. The topological polar surface area (TPSA) is 69.7 Å². The monoisotopic (exact) mass is 423 g/mol. The molecule has 0 aromatic heterocycles. The second-order valence-electron chi connectivity index (χ2n) is 9.22. The minimum absolute atomic E-state index is 0.0983. The van der Waals surface area contributed by atoms with Gasteiger partial charge in [0.25, 0.3) is 0 Å². The van der Waals surface area contributed by atoms with E-state index in [1.54, 1.807) is 0 Å². The lowest BCUT2D eigenvalue weighted by Crippen LogP contribution is -2.54. The highest BCUT2D eigenvalue weighted by Gasteiger charge is 2.74. The van der Waals surface area contributed by atoms with Crippen molar-refractivity contribution in [1.82, 2.24) is 4.90 Å². The van der Waals surface area contributed by atoms with E-state index in [-0.39, 0.29) is 23.8 Å². The molecule has 0 aliphatic carbocycles. The Labute approximate surface area is 184 Å². The van der Waals surface area contributed by atoms with Crippen LogP contribution in [0.25, 0.3) is 10.8 Å². The molecule has 3 saturated heterocycles. The van der Waals surface area contributed by atoms with Gasteiger partial charge in [0.1, 0.15) is 5.54 Å². The molecular formula is C26H21N3O3. The van der Waals surface area contributed by atoms with Gasteiger partial charge in [-0.3, -0.25) is 19.3 Å². The molecule has 1 N–H and O–H groups in total. The van der Waals surface area contributed by atoms with Crippen molar-refractivity contribution in [3.05, 3.63) is 72.3 Å². The smallest absolute Gasteiger partial charge is 0.250 e. The van der Waals surface area contributed by atoms with Gasteiger partial charge in [0.2, 0.25) is 17.7 Å². The number of benzene rings is 3. The van der Waals surface area contributed by atoms with Gasteiger partial charge in [0.15, 0.2) is 0 Å². The van der Waals surface area contributed by atoms with E-state index >= 15 is 0 Å². The standard InChI is InChI=1S/C26H21N3O3/c30-23-21-20-10-5-13-28(20)26(18-8-3-4-9-19(18)27-25(26)32)22(21)24(31)29(23)17-12-11-15-6-1-2-7-16(15)14-17/h1-4,6-9,11-12,14,20-22H,5,10,13H2,(H,27,32)/t20-,21+,22+,26-/m0/s1. The van der Waals surface area contributed by atoms with E-state index in [4.69, 9.17) is 0 Å². The summed E-state index contributed by atoms with van der Waals surface area (Å²) >= 11 is 0. The number of para-hydroxylation sites is 1. The fourth-order valence-corrected chi connectivity index (χ4v) is 6.73. The summed E-state index contributed by atoms with van der Waals surface area (Å²) in [6.45, 7) is 0.718. The van der Waals surface area contributed by atoms with Gasteiger partial charge in [0.05, 0.1) is 17.5 Å². The Kier molecular flexibility index (Phi) is 3.42. The predicted octanol–water partition coefficient (Wildman–Crippen LogP) is 3.27. The summed E-state index contributed by atoms with van der Waals surface area (Å²) in [6.07, 6.45) is 1.74. The molecule has 7 rings (SSSR count). The third-order valence-electron chi connectivity index (χ3n) is 7.89. The number of hydrogen-bond acceptors (Lipinski definition) is 4. The van der Waals surface area contributed by atoms with Crippen LogP contribution in [0.1, 0.15) is 18.4 Å². The second kappa shape index (κ2) is 6.04. The van der Waals surface area contributed by atoms with E-state index in [2.05, 4.69) is 10.2 Å². The SMILES string of the molecule is O=C1[C@@H]2[C@@H]3CCCN3[C@]3(C(=O)Nc4ccccc43)[C@H]2C(=O)N1c1ccc2ccccc2c1. The van der Waals surface area contributed by atoms with Crippen LogP contribution < -0.4 is 10.2 Å². The molecule has 0 radical (unpaired) electrons. The largest absolute Gasteiger partial charge is 0.324 e. The molecule has 4 atom stereocenters. The average Bonchev–Trinajstić information content (AvgIpc) is 3.51. The Morgan fingerprint density at radius 3 is 2.53 bits per heavy atom. The van der Waals surface area contributed by atoms with Crippen LogP contribution in [0.5, 0.6) is 0 Å². The van der Waals surface area contributed by atoms with Crippen LogP contribution in [0.15, 0.2) is 66.7 Å². The van der Waals surface area contributed by atoms with E-state index in [0.29, 0.717) is 5.69 Å². The zero-order valence-electron chi connectivity index (χ0n) is 17.3. The van der Waals surface area contributed by atoms with Gasteiger partial charge in [-0.2, -0.15) is 0 Å². The molecule has 0 saturated carbocycles. The Bertz CT molecular complexity index is 1350. The molecule has 158 valence electrons. The Balaban J connectivity index is 1.42. The van der Waals surface area contributed by atoms with Gasteiger partial charge in [0, 0.05) is 17.3 Å². The lowest BCUT2D eigenvalue weighted by atomic mass is 9.75. The molecule has 6 nitrogen and oxygen atoms in total. The van der Waals surface area contributed by atoms with Gasteiger partial charge >= 0.3 is 0 Å². The quantitative estimate of drug-likeness (QED) is 0.610. The van der Waals surface area contributed by atoms with Gasteiger partial charge in [-0.15, -0.1) is 0 Å². The van der Waals surface area contributed by atoms with Gasteiger partial charge in [-0.05, 0) is 48.4 Å². The Morgan fingerprint density at radius 2 is 1.66 bits per heavy atom. The summed E-state index contributed by atoms with van der Waals surface area (Å²) < 4.78 is 0. The highest BCUT2D eigenvalue weighted by Crippen LogP contribution is 2.60. The molecule has 4 heterocycles. The number of carbonyl (C=O) groups is 3. The molecule has 4 aliphatic rings. The predicted molar refractivity (Wildman–Crippen MR) is 120 cm³/mol. The van der Waals surface area contributed by atoms with E-state index in [1.165, 1.54) is 4.90 Å². The number of imide groups is 1. The maximum Gasteiger partial charge on any atom is 0.250 e. The zero-order chi connectivity index (χ0) is 21.6. The van der Waals surface area contributed by atoms with Gasteiger partial charge < -0.3 is 5.32 Å². The number of rotatable bonds is 1. The number of nitrogens with one attached hydrogen (secondary N) is 1. The maximum atomic E-state index is 14.0. The van der Waals surface area contributed by atoms with Crippen molar-refractivity contribution in [2.75, 3.05) is 16.8 Å². The molecule has 3 aromatic rings. The van der Waals surface area contributed by atoms with Crippen molar-refractivity contribution in [2.24, 2.45) is 11.8 Å². The fraction of sp³-hybridized carbons (Fsp3) is 0.269. The van der Waals surface area contributed by atoms with E-state index in [0.717, 1.165) is 41.4 Å². The third kappa shape index (κ3) is 1.97. The maximum absolute atomic E-state index is 14.0. The molecule has 32 heavy (non-hydrogen) atoms. The van der Waals surface area contributed by atoms with Crippen molar-refractivity contribution in [1.29, 1.82) is 0 Å². The number of nitrogens with zero attached hydrogens (tertiary/aromatic N) is 2. The highest BCUT2D eigenvalue weighted by atomic mass is 16.2. The minimum atomic E-state index is -1.11. The van der Waals surface area contributed by atoms with E-state index in [1.807, 2.05) is 66.7 Å². The van der Waals surface area contributed by atoms with Crippen LogP contribution in [0.3, 0.4) is 0 Å². The van der Waals surface area contributed by atoms with Gasteiger partial charge in [-0.25, -0.2) is 4.90 Å². The lowest BCUT2D eigenvalue weighted by Gasteiger charge is -2.36. The number of amides is 3. The van der Waals surface area contributed by atoms with Crippen LogP contribution >= 0.6 is 0 Å². The first-order valence-electron chi connectivity index (χ1n) is 11.2. The molecule has 0 bridgehead atoms. The summed E-state index contributed by atoms with van der Waals surface area (Å²) in [5, 5.41) is 5.04. The van der Waals surface area contributed by atoms with Crippen molar-refractivity contribution in [3.8, 4) is 0 Å². The average molecular weight is 423 g/mol. The number of fused-ring (bicyclic) bond motifs is 8. The molecule has 3 amide bonds. The van der Waals surface area contributed by atoms with Crippen molar-refractivity contribution in [3.63, 3.8) is 0 Å². The van der Waals surface area contributed by atoms with Crippen molar-refractivity contribution >= 4 is 39.9 Å². The number of hydrogen-bond donors (Lipinski definition) is 1. The molecular weight excluding hydrogens is 402 g/mol. The van der Waals surface area contributed by atoms with Crippen molar-refractivity contribution in [2.45, 2.75) is 24.4 Å². The van der Waals surface area contributed by atoms with Gasteiger partial charge in [-0.1, -0.05) is 48.5 Å². The minimum Gasteiger partial charge on any atom is -0.324 e. The number of anilines is 2. The normalized spacial score (nSPS) is 30.8. The second-order valence-corrected chi connectivity index (χ2v) is 9.22. The first kappa shape index (κ1) is 18.1. The summed E-state index contributed by atoms with van der Waals surface area (Å²) in [7, 11) is 0. The molecule has 3 aromatic carbocycles. The molecule has 3 fully saturated rings. The summed E-state index contributed by atoms with van der Waals surface area (Å²) in [4.78, 5) is 44.8. The third-order valence-corrected chi connectivity index (χ3v) is 7.89.